The molecule has 104 valence electrons. The Morgan fingerprint density at radius 2 is 2.20 bits per heavy atom. The Kier molecular flexibility index (Phi) is 3.62. The molecule has 3 N–H and O–H groups in total. The first kappa shape index (κ1) is 13.0. The third-order valence-electron chi connectivity index (χ3n) is 3.72. The Morgan fingerprint density at radius 1 is 1.35 bits per heavy atom. The predicted octanol–water partition coefficient (Wildman–Crippen LogP) is 0.545. The van der Waals surface area contributed by atoms with Gasteiger partial charge in [-0.1, -0.05) is 24.3 Å². The number of nitrogens with one attached hydrogen (secondary N) is 2. The minimum atomic E-state index is -0.393. The number of carbonyl (C=O) groups is 1. The van der Waals surface area contributed by atoms with E-state index in [2.05, 4.69) is 15.6 Å². The molecule has 20 heavy (non-hydrogen) atoms. The third kappa shape index (κ3) is 2.50. The normalized spacial score (nSPS) is 22.1. The molecule has 1 aromatic carbocycles. The van der Waals surface area contributed by atoms with Crippen LogP contribution in [0.25, 0.3) is 10.8 Å². The summed E-state index contributed by atoms with van der Waals surface area (Å²) in [5, 5.41) is 17.5. The lowest BCUT2D eigenvalue weighted by atomic mass is 10.1. The zero-order valence-corrected chi connectivity index (χ0v) is 11.0. The van der Waals surface area contributed by atoms with E-state index in [0.29, 0.717) is 18.8 Å². The van der Waals surface area contributed by atoms with E-state index < -0.39 is 6.10 Å². The average molecular weight is 271 g/mol. The highest BCUT2D eigenvalue weighted by Crippen LogP contribution is 2.16. The molecule has 1 amide bonds. The molecule has 2 heterocycles. The summed E-state index contributed by atoms with van der Waals surface area (Å²) < 4.78 is 0. The molecule has 0 saturated carbocycles. The summed E-state index contributed by atoms with van der Waals surface area (Å²) in [6.45, 7) is 1.77. The number of aromatic nitrogens is 1. The van der Waals surface area contributed by atoms with Crippen LogP contribution in [0.5, 0.6) is 0 Å². The molecule has 1 aromatic heterocycles. The molecule has 3 rings (SSSR count). The van der Waals surface area contributed by atoms with Crippen molar-refractivity contribution in [3.8, 4) is 0 Å². The number of pyridine rings is 1. The highest BCUT2D eigenvalue weighted by molar-refractivity contribution is 6.05. The van der Waals surface area contributed by atoms with Crippen LogP contribution in [0.15, 0.2) is 36.5 Å². The lowest BCUT2D eigenvalue weighted by Gasteiger charge is -2.14. The van der Waals surface area contributed by atoms with Crippen molar-refractivity contribution in [3.05, 3.63) is 42.2 Å². The van der Waals surface area contributed by atoms with E-state index in [0.717, 1.165) is 17.3 Å². The van der Waals surface area contributed by atoms with Gasteiger partial charge in [0.05, 0.1) is 6.10 Å². The molecular weight excluding hydrogens is 254 g/mol. The Labute approximate surface area is 117 Å². The smallest absolute Gasteiger partial charge is 0.270 e. The molecule has 2 atom stereocenters. The second-order valence-corrected chi connectivity index (χ2v) is 5.08. The fourth-order valence-corrected chi connectivity index (χ4v) is 2.54. The number of carbonyl (C=O) groups excluding carboxylic acids is 1. The number of aliphatic hydroxyl groups is 1. The van der Waals surface area contributed by atoms with Crippen molar-refractivity contribution in [1.29, 1.82) is 0 Å². The number of nitrogens with zero attached hydrogens (tertiary/aromatic N) is 1. The summed E-state index contributed by atoms with van der Waals surface area (Å²) >= 11 is 0. The molecule has 1 aliphatic heterocycles. The molecule has 2 unspecified atom stereocenters. The molecule has 1 fully saturated rings. The first-order valence-electron chi connectivity index (χ1n) is 6.76. The van der Waals surface area contributed by atoms with Crippen LogP contribution in [-0.2, 0) is 0 Å². The number of amides is 1. The van der Waals surface area contributed by atoms with Gasteiger partial charge in [0.2, 0.25) is 0 Å². The van der Waals surface area contributed by atoms with Gasteiger partial charge in [-0.25, -0.2) is 0 Å². The van der Waals surface area contributed by atoms with Gasteiger partial charge in [-0.2, -0.15) is 0 Å². The highest BCUT2D eigenvalue weighted by atomic mass is 16.3. The fourth-order valence-electron chi connectivity index (χ4n) is 2.54. The molecule has 0 radical (unpaired) electrons. The van der Waals surface area contributed by atoms with E-state index in [1.54, 1.807) is 6.20 Å². The number of hydrogen-bond acceptors (Lipinski definition) is 4. The monoisotopic (exact) mass is 271 g/mol. The highest BCUT2D eigenvalue weighted by Gasteiger charge is 2.25. The Morgan fingerprint density at radius 3 is 3.00 bits per heavy atom. The second-order valence-electron chi connectivity index (χ2n) is 5.08. The summed E-state index contributed by atoms with van der Waals surface area (Å²) in [5.74, 6) is -0.130. The Balaban J connectivity index is 1.75. The van der Waals surface area contributed by atoms with E-state index in [4.69, 9.17) is 0 Å². The maximum atomic E-state index is 12.2. The third-order valence-corrected chi connectivity index (χ3v) is 3.72. The van der Waals surface area contributed by atoms with Crippen molar-refractivity contribution in [1.82, 2.24) is 15.6 Å². The molecule has 1 saturated heterocycles. The summed E-state index contributed by atoms with van der Waals surface area (Å²) in [6, 6.07) is 9.56. The van der Waals surface area contributed by atoms with E-state index in [-0.39, 0.29) is 11.8 Å². The maximum Gasteiger partial charge on any atom is 0.270 e. The van der Waals surface area contributed by atoms with Crippen LogP contribution < -0.4 is 10.6 Å². The van der Waals surface area contributed by atoms with Gasteiger partial charge >= 0.3 is 0 Å². The Bertz CT molecular complexity index is 624. The Hall–Kier alpha value is -1.98. The van der Waals surface area contributed by atoms with Crippen molar-refractivity contribution in [3.63, 3.8) is 0 Å². The average Bonchev–Trinajstić information content (AvgIpc) is 2.89. The first-order valence-corrected chi connectivity index (χ1v) is 6.76. The van der Waals surface area contributed by atoms with Gasteiger partial charge in [-0.05, 0) is 11.5 Å². The molecular formula is C15H17N3O2. The molecule has 1 aliphatic rings. The van der Waals surface area contributed by atoms with Gasteiger partial charge in [0, 0.05) is 37.1 Å². The lowest BCUT2D eigenvalue weighted by molar-refractivity contribution is 0.0924. The molecule has 0 spiro atoms. The SMILES string of the molecule is O=C(NCC1CNCC1O)c1nccc2ccccc12. The minimum absolute atomic E-state index is 0.0638. The summed E-state index contributed by atoms with van der Waals surface area (Å²) in [6.07, 6.45) is 1.25. The maximum absolute atomic E-state index is 12.2. The lowest BCUT2D eigenvalue weighted by Crippen LogP contribution is -2.34. The van der Waals surface area contributed by atoms with E-state index >= 15 is 0 Å². The van der Waals surface area contributed by atoms with Crippen molar-refractivity contribution in [2.45, 2.75) is 6.10 Å². The van der Waals surface area contributed by atoms with Gasteiger partial charge < -0.3 is 15.7 Å². The molecule has 5 heteroatoms. The van der Waals surface area contributed by atoms with E-state index in [1.165, 1.54) is 0 Å². The molecule has 5 nitrogen and oxygen atoms in total. The number of rotatable bonds is 3. The van der Waals surface area contributed by atoms with Crippen molar-refractivity contribution < 1.29 is 9.90 Å². The van der Waals surface area contributed by atoms with Gasteiger partial charge in [-0.3, -0.25) is 9.78 Å². The van der Waals surface area contributed by atoms with Gasteiger partial charge in [-0.15, -0.1) is 0 Å². The van der Waals surface area contributed by atoms with Crippen LogP contribution in [0, 0.1) is 5.92 Å². The van der Waals surface area contributed by atoms with Crippen molar-refractivity contribution in [2.75, 3.05) is 19.6 Å². The summed E-state index contributed by atoms with van der Waals surface area (Å²) in [7, 11) is 0. The van der Waals surface area contributed by atoms with Crippen LogP contribution in [-0.4, -0.2) is 41.7 Å². The summed E-state index contributed by atoms with van der Waals surface area (Å²) in [5.41, 5.74) is 0.434. The van der Waals surface area contributed by atoms with Crippen LogP contribution in [0.1, 0.15) is 10.5 Å². The number of fused-ring (bicyclic) bond motifs is 1. The van der Waals surface area contributed by atoms with Crippen LogP contribution in [0.2, 0.25) is 0 Å². The molecule has 0 aliphatic carbocycles. The van der Waals surface area contributed by atoms with Gasteiger partial charge in [0.25, 0.3) is 5.91 Å². The van der Waals surface area contributed by atoms with Crippen molar-refractivity contribution >= 4 is 16.7 Å². The summed E-state index contributed by atoms with van der Waals surface area (Å²) in [4.78, 5) is 16.4. The quantitative estimate of drug-likeness (QED) is 0.762. The zero-order chi connectivity index (χ0) is 13.9. The number of hydrogen-bond donors (Lipinski definition) is 3. The molecule has 0 bridgehead atoms. The zero-order valence-electron chi connectivity index (χ0n) is 11.0. The predicted molar refractivity (Wildman–Crippen MR) is 76.4 cm³/mol. The van der Waals surface area contributed by atoms with Gasteiger partial charge in [0.1, 0.15) is 5.69 Å². The number of β-amino-alcohol motifs (C(OH)–C–C–N with tert-alkyl or cyclic N) is 1. The topological polar surface area (TPSA) is 74.2 Å². The largest absolute Gasteiger partial charge is 0.391 e. The first-order chi connectivity index (χ1) is 9.75. The molecule has 2 aromatic rings. The second kappa shape index (κ2) is 5.56. The van der Waals surface area contributed by atoms with E-state index in [9.17, 15) is 9.90 Å². The van der Waals surface area contributed by atoms with Crippen molar-refractivity contribution in [2.24, 2.45) is 5.92 Å². The van der Waals surface area contributed by atoms with Gasteiger partial charge in [0.15, 0.2) is 0 Å². The van der Waals surface area contributed by atoms with E-state index in [1.807, 2.05) is 30.3 Å². The fraction of sp³-hybridized carbons (Fsp3) is 0.333. The number of aliphatic hydroxyl groups excluding tert-OH is 1. The van der Waals surface area contributed by atoms with Crippen LogP contribution >= 0.6 is 0 Å². The van der Waals surface area contributed by atoms with Crippen LogP contribution in [0.4, 0.5) is 0 Å². The van der Waals surface area contributed by atoms with Crippen LogP contribution in [0.3, 0.4) is 0 Å². The standard InChI is InChI=1S/C15H17N3O2/c19-13-9-16-7-11(13)8-18-15(20)14-12-4-2-1-3-10(12)5-6-17-14/h1-6,11,13,16,19H,7-9H2,(H,18,20). The number of benzene rings is 1. The minimum Gasteiger partial charge on any atom is -0.391 e.